The topological polar surface area (TPSA) is 71.8 Å². The Labute approximate surface area is 114 Å². The Morgan fingerprint density at radius 3 is 3.11 bits per heavy atom. The summed E-state index contributed by atoms with van der Waals surface area (Å²) in [6.45, 7) is 5.15. The standard InChI is InChI=1S/C13H23N5O/c1-9-5-4-6-14-11(9)7-12(19)16-10(2)13-17-15-8-18(13)3/h8-11,14H,4-7H2,1-3H3,(H,16,19). The number of rotatable bonds is 4. The quantitative estimate of drug-likeness (QED) is 0.843. The van der Waals surface area contributed by atoms with E-state index >= 15 is 0 Å². The van der Waals surface area contributed by atoms with E-state index in [2.05, 4.69) is 27.8 Å². The van der Waals surface area contributed by atoms with Crippen LogP contribution in [0.15, 0.2) is 6.33 Å². The Balaban J connectivity index is 1.85. The SMILES string of the molecule is CC(NC(=O)CC1NCCCC1C)c1nncn1C. The molecule has 1 aliphatic heterocycles. The van der Waals surface area contributed by atoms with Gasteiger partial charge in [0.2, 0.25) is 5.91 Å². The highest BCUT2D eigenvalue weighted by Crippen LogP contribution is 2.18. The molecule has 0 aliphatic carbocycles. The van der Waals surface area contributed by atoms with Crippen LogP contribution >= 0.6 is 0 Å². The number of piperidine rings is 1. The number of carbonyl (C=O) groups excluding carboxylic acids is 1. The summed E-state index contributed by atoms with van der Waals surface area (Å²) in [6, 6.07) is 0.180. The third-order valence-corrected chi connectivity index (χ3v) is 3.85. The summed E-state index contributed by atoms with van der Waals surface area (Å²) in [7, 11) is 1.88. The van der Waals surface area contributed by atoms with Crippen LogP contribution in [0, 0.1) is 5.92 Å². The van der Waals surface area contributed by atoms with Gasteiger partial charge in [-0.15, -0.1) is 10.2 Å². The number of hydrogen-bond acceptors (Lipinski definition) is 4. The first-order valence-electron chi connectivity index (χ1n) is 6.94. The zero-order valence-corrected chi connectivity index (χ0v) is 11.9. The summed E-state index contributed by atoms with van der Waals surface area (Å²) >= 11 is 0. The fourth-order valence-corrected chi connectivity index (χ4v) is 2.64. The van der Waals surface area contributed by atoms with E-state index in [1.54, 1.807) is 6.33 Å². The van der Waals surface area contributed by atoms with Gasteiger partial charge in [-0.2, -0.15) is 0 Å². The minimum Gasteiger partial charge on any atom is -0.346 e. The van der Waals surface area contributed by atoms with Gasteiger partial charge in [0.25, 0.3) is 0 Å². The van der Waals surface area contributed by atoms with E-state index < -0.39 is 0 Å². The molecular weight excluding hydrogens is 242 g/mol. The first-order chi connectivity index (χ1) is 9.08. The number of amides is 1. The lowest BCUT2D eigenvalue weighted by molar-refractivity contribution is -0.122. The second-order valence-electron chi connectivity index (χ2n) is 5.47. The Kier molecular flexibility index (Phi) is 4.52. The smallest absolute Gasteiger partial charge is 0.222 e. The molecular formula is C13H23N5O. The molecule has 1 aromatic rings. The van der Waals surface area contributed by atoms with Crippen LogP contribution in [0.25, 0.3) is 0 Å². The Hall–Kier alpha value is -1.43. The van der Waals surface area contributed by atoms with Crippen molar-refractivity contribution in [3.05, 3.63) is 12.2 Å². The van der Waals surface area contributed by atoms with Gasteiger partial charge in [0, 0.05) is 19.5 Å². The molecule has 6 heteroatoms. The molecule has 1 fully saturated rings. The fraction of sp³-hybridized carbons (Fsp3) is 0.769. The highest BCUT2D eigenvalue weighted by molar-refractivity contribution is 5.77. The first-order valence-corrected chi connectivity index (χ1v) is 6.94. The molecule has 0 spiro atoms. The van der Waals surface area contributed by atoms with Crippen molar-refractivity contribution < 1.29 is 4.79 Å². The predicted molar refractivity (Wildman–Crippen MR) is 72.4 cm³/mol. The Morgan fingerprint density at radius 1 is 1.68 bits per heavy atom. The highest BCUT2D eigenvalue weighted by atomic mass is 16.1. The van der Waals surface area contributed by atoms with Crippen molar-refractivity contribution in [2.45, 2.75) is 45.2 Å². The van der Waals surface area contributed by atoms with Gasteiger partial charge in [-0.25, -0.2) is 0 Å². The average molecular weight is 265 g/mol. The molecule has 6 nitrogen and oxygen atoms in total. The number of carbonyl (C=O) groups is 1. The van der Waals surface area contributed by atoms with Crippen molar-refractivity contribution in [1.29, 1.82) is 0 Å². The summed E-state index contributed by atoms with van der Waals surface area (Å²) in [5, 5.41) is 14.3. The van der Waals surface area contributed by atoms with Crippen LogP contribution in [0.2, 0.25) is 0 Å². The lowest BCUT2D eigenvalue weighted by Gasteiger charge is -2.29. The molecule has 1 aliphatic rings. The van der Waals surface area contributed by atoms with Gasteiger partial charge in [0.15, 0.2) is 5.82 Å². The molecule has 3 unspecified atom stereocenters. The van der Waals surface area contributed by atoms with Crippen molar-refractivity contribution in [1.82, 2.24) is 25.4 Å². The molecule has 0 saturated carbocycles. The minimum absolute atomic E-state index is 0.0711. The van der Waals surface area contributed by atoms with E-state index in [0.717, 1.165) is 12.4 Å². The van der Waals surface area contributed by atoms with Crippen molar-refractivity contribution >= 4 is 5.91 Å². The van der Waals surface area contributed by atoms with Gasteiger partial charge < -0.3 is 15.2 Å². The van der Waals surface area contributed by atoms with Crippen LogP contribution in [-0.4, -0.2) is 33.3 Å². The van der Waals surface area contributed by atoms with E-state index in [1.165, 1.54) is 12.8 Å². The van der Waals surface area contributed by atoms with E-state index in [0.29, 0.717) is 18.4 Å². The van der Waals surface area contributed by atoms with Gasteiger partial charge in [-0.05, 0) is 32.2 Å². The Morgan fingerprint density at radius 2 is 2.47 bits per heavy atom. The monoisotopic (exact) mass is 265 g/mol. The zero-order valence-electron chi connectivity index (χ0n) is 11.9. The molecule has 0 aromatic carbocycles. The first kappa shape index (κ1) is 14.0. The molecule has 19 heavy (non-hydrogen) atoms. The molecule has 2 N–H and O–H groups in total. The summed E-state index contributed by atoms with van der Waals surface area (Å²) < 4.78 is 1.83. The lowest BCUT2D eigenvalue weighted by Crippen LogP contribution is -2.44. The maximum Gasteiger partial charge on any atom is 0.222 e. The fourth-order valence-electron chi connectivity index (χ4n) is 2.64. The number of nitrogens with zero attached hydrogens (tertiary/aromatic N) is 3. The van der Waals surface area contributed by atoms with Crippen LogP contribution in [0.3, 0.4) is 0 Å². The second kappa shape index (κ2) is 6.14. The molecule has 0 bridgehead atoms. The van der Waals surface area contributed by atoms with Crippen LogP contribution in [0.5, 0.6) is 0 Å². The number of hydrogen-bond donors (Lipinski definition) is 2. The van der Waals surface area contributed by atoms with E-state index in [1.807, 2.05) is 18.5 Å². The van der Waals surface area contributed by atoms with Gasteiger partial charge in [-0.1, -0.05) is 6.92 Å². The number of aromatic nitrogens is 3. The lowest BCUT2D eigenvalue weighted by atomic mass is 9.90. The molecule has 1 aromatic heterocycles. The minimum atomic E-state index is -0.112. The maximum atomic E-state index is 12.1. The highest BCUT2D eigenvalue weighted by Gasteiger charge is 2.24. The van der Waals surface area contributed by atoms with Gasteiger partial charge >= 0.3 is 0 Å². The number of nitrogens with one attached hydrogen (secondary N) is 2. The second-order valence-corrected chi connectivity index (χ2v) is 5.47. The van der Waals surface area contributed by atoms with E-state index in [4.69, 9.17) is 0 Å². The van der Waals surface area contributed by atoms with Crippen molar-refractivity contribution in [2.75, 3.05) is 6.54 Å². The zero-order chi connectivity index (χ0) is 13.8. The molecule has 0 radical (unpaired) electrons. The summed E-state index contributed by atoms with van der Waals surface area (Å²) in [5.41, 5.74) is 0. The van der Waals surface area contributed by atoms with Gasteiger partial charge in [0.1, 0.15) is 6.33 Å². The number of aryl methyl sites for hydroxylation is 1. The third kappa shape index (κ3) is 3.53. The molecule has 2 heterocycles. The average Bonchev–Trinajstić information content (AvgIpc) is 2.78. The maximum absolute atomic E-state index is 12.1. The normalized spacial score (nSPS) is 25.0. The van der Waals surface area contributed by atoms with E-state index in [9.17, 15) is 4.79 Å². The molecule has 1 amide bonds. The van der Waals surface area contributed by atoms with Gasteiger partial charge in [0.05, 0.1) is 6.04 Å². The molecule has 2 rings (SSSR count). The third-order valence-electron chi connectivity index (χ3n) is 3.85. The van der Waals surface area contributed by atoms with Gasteiger partial charge in [-0.3, -0.25) is 4.79 Å². The summed E-state index contributed by atoms with van der Waals surface area (Å²) in [5.74, 6) is 1.41. The van der Waals surface area contributed by atoms with Crippen LogP contribution in [0.4, 0.5) is 0 Å². The molecule has 3 atom stereocenters. The predicted octanol–water partition coefficient (Wildman–Crippen LogP) is 0.770. The van der Waals surface area contributed by atoms with Crippen molar-refractivity contribution in [3.8, 4) is 0 Å². The Bertz CT molecular complexity index is 430. The van der Waals surface area contributed by atoms with E-state index in [-0.39, 0.29) is 11.9 Å². The van der Waals surface area contributed by atoms with Crippen LogP contribution < -0.4 is 10.6 Å². The molecule has 106 valence electrons. The molecule has 1 saturated heterocycles. The van der Waals surface area contributed by atoms with Crippen LogP contribution in [-0.2, 0) is 11.8 Å². The van der Waals surface area contributed by atoms with Crippen LogP contribution in [0.1, 0.15) is 45.0 Å². The largest absolute Gasteiger partial charge is 0.346 e. The summed E-state index contributed by atoms with van der Waals surface area (Å²) in [6.07, 6.45) is 4.57. The summed E-state index contributed by atoms with van der Waals surface area (Å²) in [4.78, 5) is 12.1. The van der Waals surface area contributed by atoms with Crippen molar-refractivity contribution in [3.63, 3.8) is 0 Å². The van der Waals surface area contributed by atoms with Crippen molar-refractivity contribution in [2.24, 2.45) is 13.0 Å².